The molecule has 0 saturated heterocycles. The first-order valence-corrected chi connectivity index (χ1v) is 6.15. The Kier molecular flexibility index (Phi) is 3.50. The molecule has 17 heavy (non-hydrogen) atoms. The molecule has 1 aliphatic carbocycles. The van der Waals surface area contributed by atoms with Gasteiger partial charge in [0.05, 0.1) is 5.60 Å². The van der Waals surface area contributed by atoms with Gasteiger partial charge >= 0.3 is 0 Å². The summed E-state index contributed by atoms with van der Waals surface area (Å²) in [5, 5.41) is 12.9. The van der Waals surface area contributed by atoms with Gasteiger partial charge in [-0.1, -0.05) is 12.1 Å². The highest BCUT2D eigenvalue weighted by Crippen LogP contribution is 2.36. The molecule has 1 aliphatic rings. The summed E-state index contributed by atoms with van der Waals surface area (Å²) in [6.45, 7) is 4.22. The van der Waals surface area contributed by atoms with Crippen LogP contribution in [0.3, 0.4) is 0 Å². The maximum atomic E-state index is 12.8. The van der Waals surface area contributed by atoms with Crippen LogP contribution >= 0.6 is 0 Å². The standard InChI is InChI=1S/C14H20FNO/c1-14(2,17)9-16-13-7-11(8-13)10-3-5-12(15)6-4-10/h3-6,11,13,16-17H,7-9H2,1-2H3. The fraction of sp³-hybridized carbons (Fsp3) is 0.571. The Balaban J connectivity index is 1.77. The molecule has 1 aromatic rings. The van der Waals surface area contributed by atoms with Crippen molar-refractivity contribution in [1.82, 2.24) is 5.32 Å². The van der Waals surface area contributed by atoms with Crippen LogP contribution in [0.4, 0.5) is 4.39 Å². The normalized spacial score (nSPS) is 24.5. The molecule has 2 N–H and O–H groups in total. The molecular formula is C14H20FNO. The smallest absolute Gasteiger partial charge is 0.123 e. The summed E-state index contributed by atoms with van der Waals surface area (Å²) < 4.78 is 12.8. The average Bonchev–Trinajstić information content (AvgIpc) is 2.16. The van der Waals surface area contributed by atoms with Crippen molar-refractivity contribution in [3.05, 3.63) is 35.6 Å². The van der Waals surface area contributed by atoms with E-state index in [0.717, 1.165) is 12.8 Å². The topological polar surface area (TPSA) is 32.3 Å². The number of hydrogen-bond donors (Lipinski definition) is 2. The molecule has 0 bridgehead atoms. The molecule has 94 valence electrons. The zero-order valence-corrected chi connectivity index (χ0v) is 10.4. The lowest BCUT2D eigenvalue weighted by Gasteiger charge is -2.37. The number of benzene rings is 1. The lowest BCUT2D eigenvalue weighted by molar-refractivity contribution is 0.0708. The van der Waals surface area contributed by atoms with E-state index in [2.05, 4.69) is 5.32 Å². The second-order valence-electron chi connectivity index (χ2n) is 5.61. The summed E-state index contributed by atoms with van der Waals surface area (Å²) in [6.07, 6.45) is 2.14. The fourth-order valence-corrected chi connectivity index (χ4v) is 2.19. The SMILES string of the molecule is CC(C)(O)CNC1CC(c2ccc(F)cc2)C1. The molecule has 0 spiro atoms. The van der Waals surface area contributed by atoms with Gasteiger partial charge in [0.1, 0.15) is 5.82 Å². The van der Waals surface area contributed by atoms with Gasteiger partial charge in [-0.15, -0.1) is 0 Å². The van der Waals surface area contributed by atoms with Crippen molar-refractivity contribution in [2.45, 2.75) is 44.2 Å². The van der Waals surface area contributed by atoms with Crippen LogP contribution in [0.5, 0.6) is 0 Å². The van der Waals surface area contributed by atoms with E-state index in [1.54, 1.807) is 13.8 Å². The number of aliphatic hydroxyl groups is 1. The van der Waals surface area contributed by atoms with E-state index in [1.807, 2.05) is 12.1 Å². The van der Waals surface area contributed by atoms with Crippen molar-refractivity contribution >= 4 is 0 Å². The first kappa shape index (κ1) is 12.5. The van der Waals surface area contributed by atoms with Gasteiger partial charge in [0, 0.05) is 12.6 Å². The predicted molar refractivity (Wildman–Crippen MR) is 66.5 cm³/mol. The largest absolute Gasteiger partial charge is 0.389 e. The zero-order chi connectivity index (χ0) is 12.5. The molecule has 0 amide bonds. The molecule has 3 heteroatoms. The van der Waals surface area contributed by atoms with Gasteiger partial charge in [0.25, 0.3) is 0 Å². The van der Waals surface area contributed by atoms with E-state index in [-0.39, 0.29) is 5.82 Å². The van der Waals surface area contributed by atoms with Gasteiger partial charge < -0.3 is 10.4 Å². The Morgan fingerprint density at radius 3 is 2.41 bits per heavy atom. The minimum absolute atomic E-state index is 0.176. The zero-order valence-electron chi connectivity index (χ0n) is 10.4. The van der Waals surface area contributed by atoms with Crippen LogP contribution in [0.1, 0.15) is 38.2 Å². The van der Waals surface area contributed by atoms with Crippen LogP contribution in [0.15, 0.2) is 24.3 Å². The lowest BCUT2D eigenvalue weighted by Crippen LogP contribution is -2.46. The molecular weight excluding hydrogens is 217 g/mol. The summed E-state index contributed by atoms with van der Waals surface area (Å²) in [7, 11) is 0. The number of hydrogen-bond acceptors (Lipinski definition) is 2. The second kappa shape index (κ2) is 4.75. The van der Waals surface area contributed by atoms with Crippen LogP contribution in [-0.4, -0.2) is 23.3 Å². The third kappa shape index (κ3) is 3.51. The monoisotopic (exact) mass is 237 g/mol. The van der Waals surface area contributed by atoms with E-state index < -0.39 is 5.60 Å². The van der Waals surface area contributed by atoms with Gasteiger partial charge in [0.2, 0.25) is 0 Å². The highest BCUT2D eigenvalue weighted by Gasteiger charge is 2.30. The summed E-state index contributed by atoms with van der Waals surface area (Å²) in [4.78, 5) is 0. The summed E-state index contributed by atoms with van der Waals surface area (Å²) in [5.41, 5.74) is 0.564. The fourth-order valence-electron chi connectivity index (χ4n) is 2.19. The van der Waals surface area contributed by atoms with Crippen molar-refractivity contribution < 1.29 is 9.50 Å². The molecule has 1 saturated carbocycles. The first-order chi connectivity index (χ1) is 7.94. The minimum Gasteiger partial charge on any atom is -0.389 e. The quantitative estimate of drug-likeness (QED) is 0.843. The molecule has 2 nitrogen and oxygen atoms in total. The number of halogens is 1. The first-order valence-electron chi connectivity index (χ1n) is 6.15. The molecule has 0 radical (unpaired) electrons. The van der Waals surface area contributed by atoms with Gasteiger partial charge in [0.15, 0.2) is 0 Å². The van der Waals surface area contributed by atoms with E-state index in [0.29, 0.717) is 18.5 Å². The third-order valence-electron chi connectivity index (χ3n) is 3.30. The van der Waals surface area contributed by atoms with E-state index in [4.69, 9.17) is 0 Å². The molecule has 1 fully saturated rings. The van der Waals surface area contributed by atoms with Crippen LogP contribution < -0.4 is 5.32 Å². The second-order valence-corrected chi connectivity index (χ2v) is 5.61. The van der Waals surface area contributed by atoms with Crippen molar-refractivity contribution in [3.63, 3.8) is 0 Å². The third-order valence-corrected chi connectivity index (χ3v) is 3.30. The summed E-state index contributed by atoms with van der Waals surface area (Å²) >= 11 is 0. The number of nitrogens with one attached hydrogen (secondary N) is 1. The number of rotatable bonds is 4. The Labute approximate surface area is 102 Å². The van der Waals surface area contributed by atoms with Crippen molar-refractivity contribution in [3.8, 4) is 0 Å². The maximum absolute atomic E-state index is 12.8. The summed E-state index contributed by atoms with van der Waals surface area (Å²) in [6, 6.07) is 7.26. The van der Waals surface area contributed by atoms with Gasteiger partial charge in [-0.25, -0.2) is 4.39 Å². The Hall–Kier alpha value is -0.930. The van der Waals surface area contributed by atoms with Gasteiger partial charge in [-0.3, -0.25) is 0 Å². The van der Waals surface area contributed by atoms with Crippen LogP contribution in [0, 0.1) is 5.82 Å². The van der Waals surface area contributed by atoms with Gasteiger partial charge in [-0.05, 0) is 50.3 Å². The van der Waals surface area contributed by atoms with Crippen molar-refractivity contribution in [2.75, 3.05) is 6.54 Å². The predicted octanol–water partition coefficient (Wildman–Crippen LogP) is 2.43. The Morgan fingerprint density at radius 1 is 1.29 bits per heavy atom. The van der Waals surface area contributed by atoms with Gasteiger partial charge in [-0.2, -0.15) is 0 Å². The Bertz CT molecular complexity index is 363. The molecule has 1 aromatic carbocycles. The molecule has 0 aromatic heterocycles. The van der Waals surface area contributed by atoms with E-state index >= 15 is 0 Å². The molecule has 0 heterocycles. The van der Waals surface area contributed by atoms with Crippen molar-refractivity contribution in [1.29, 1.82) is 0 Å². The van der Waals surface area contributed by atoms with Crippen LogP contribution in [0.25, 0.3) is 0 Å². The maximum Gasteiger partial charge on any atom is 0.123 e. The Morgan fingerprint density at radius 2 is 1.88 bits per heavy atom. The molecule has 0 unspecified atom stereocenters. The van der Waals surface area contributed by atoms with E-state index in [1.165, 1.54) is 17.7 Å². The average molecular weight is 237 g/mol. The van der Waals surface area contributed by atoms with Crippen LogP contribution in [-0.2, 0) is 0 Å². The molecule has 0 atom stereocenters. The van der Waals surface area contributed by atoms with Crippen LogP contribution in [0.2, 0.25) is 0 Å². The van der Waals surface area contributed by atoms with Crippen molar-refractivity contribution in [2.24, 2.45) is 0 Å². The molecule has 0 aliphatic heterocycles. The van der Waals surface area contributed by atoms with E-state index in [9.17, 15) is 9.50 Å². The highest BCUT2D eigenvalue weighted by molar-refractivity contribution is 5.23. The minimum atomic E-state index is -0.652. The molecule has 2 rings (SSSR count). The lowest BCUT2D eigenvalue weighted by atomic mass is 9.76. The summed E-state index contributed by atoms with van der Waals surface area (Å²) in [5.74, 6) is 0.361. The highest BCUT2D eigenvalue weighted by atomic mass is 19.1.